The number of anilines is 1. The Bertz CT molecular complexity index is 593. The van der Waals surface area contributed by atoms with Crippen LogP contribution in [-0.2, 0) is 9.53 Å². The molecule has 0 bridgehead atoms. The molecular formula is C21H34FN3O3. The molecule has 1 aromatic carbocycles. The predicted octanol–water partition coefficient (Wildman–Crippen LogP) is 3.07. The summed E-state index contributed by atoms with van der Waals surface area (Å²) in [7, 11) is 4.99. The summed E-state index contributed by atoms with van der Waals surface area (Å²) in [5.74, 6) is 0.524. The maximum Gasteiger partial charge on any atom is 0.228 e. The summed E-state index contributed by atoms with van der Waals surface area (Å²) in [4.78, 5) is 14.9. The van der Waals surface area contributed by atoms with E-state index in [2.05, 4.69) is 22.5 Å². The SMILES string of the molecule is CCCC(CN(CCNC)C/C(=C\OC)CF)C(=O)Nc1ccc(OC)cc1. The van der Waals surface area contributed by atoms with E-state index in [1.165, 1.54) is 13.4 Å². The van der Waals surface area contributed by atoms with Crippen LogP contribution in [0.15, 0.2) is 36.1 Å². The van der Waals surface area contributed by atoms with Crippen molar-refractivity contribution in [1.82, 2.24) is 10.2 Å². The molecule has 0 fully saturated rings. The van der Waals surface area contributed by atoms with Gasteiger partial charge in [0.15, 0.2) is 0 Å². The van der Waals surface area contributed by atoms with Gasteiger partial charge in [0.05, 0.1) is 26.4 Å². The van der Waals surface area contributed by atoms with Gasteiger partial charge in [-0.05, 0) is 37.7 Å². The van der Waals surface area contributed by atoms with Crippen LogP contribution in [0.1, 0.15) is 19.8 Å². The Morgan fingerprint density at radius 2 is 2.00 bits per heavy atom. The van der Waals surface area contributed by atoms with Crippen LogP contribution in [0.5, 0.6) is 5.75 Å². The van der Waals surface area contributed by atoms with E-state index >= 15 is 0 Å². The fourth-order valence-corrected chi connectivity index (χ4v) is 2.95. The van der Waals surface area contributed by atoms with Gasteiger partial charge in [-0.1, -0.05) is 13.3 Å². The van der Waals surface area contributed by atoms with Gasteiger partial charge in [0, 0.05) is 37.4 Å². The van der Waals surface area contributed by atoms with E-state index in [4.69, 9.17) is 9.47 Å². The molecule has 158 valence electrons. The van der Waals surface area contributed by atoms with Crippen molar-refractivity contribution in [3.63, 3.8) is 0 Å². The number of hydrogen-bond acceptors (Lipinski definition) is 5. The van der Waals surface area contributed by atoms with Crippen molar-refractivity contribution in [2.45, 2.75) is 19.8 Å². The molecular weight excluding hydrogens is 361 g/mol. The summed E-state index contributed by atoms with van der Waals surface area (Å²) in [5, 5.41) is 6.09. The van der Waals surface area contributed by atoms with Crippen molar-refractivity contribution < 1.29 is 18.7 Å². The normalized spacial score (nSPS) is 12.7. The molecule has 0 radical (unpaired) electrons. The van der Waals surface area contributed by atoms with Crippen molar-refractivity contribution >= 4 is 11.6 Å². The first-order valence-corrected chi connectivity index (χ1v) is 9.66. The number of amides is 1. The third kappa shape index (κ3) is 8.71. The van der Waals surface area contributed by atoms with Crippen LogP contribution in [0.2, 0.25) is 0 Å². The standard InChI is InChI=1S/C21H34FN3O3/c1-5-6-18(21(26)24-19-7-9-20(28-4)10-8-19)15-25(12-11-23-2)14-17(13-22)16-27-3/h7-10,16,18,23H,5-6,11-15H2,1-4H3,(H,24,26)/b17-16-. The first kappa shape index (κ1) is 23.9. The first-order valence-electron chi connectivity index (χ1n) is 9.66. The van der Waals surface area contributed by atoms with Crippen molar-refractivity contribution in [3.8, 4) is 5.75 Å². The predicted molar refractivity (Wildman–Crippen MR) is 111 cm³/mol. The van der Waals surface area contributed by atoms with E-state index in [9.17, 15) is 9.18 Å². The molecule has 1 amide bonds. The number of carbonyl (C=O) groups is 1. The molecule has 28 heavy (non-hydrogen) atoms. The smallest absolute Gasteiger partial charge is 0.228 e. The highest BCUT2D eigenvalue weighted by Crippen LogP contribution is 2.18. The molecule has 0 spiro atoms. The molecule has 1 rings (SSSR count). The lowest BCUT2D eigenvalue weighted by Gasteiger charge is -2.27. The number of methoxy groups -OCH3 is 2. The molecule has 6 nitrogen and oxygen atoms in total. The second-order valence-corrected chi connectivity index (χ2v) is 6.69. The van der Waals surface area contributed by atoms with Crippen LogP contribution in [-0.4, -0.2) is 64.9 Å². The van der Waals surface area contributed by atoms with Crippen molar-refractivity contribution in [3.05, 3.63) is 36.1 Å². The molecule has 1 unspecified atom stereocenters. The van der Waals surface area contributed by atoms with E-state index in [-0.39, 0.29) is 11.8 Å². The Morgan fingerprint density at radius 1 is 1.29 bits per heavy atom. The minimum Gasteiger partial charge on any atom is -0.504 e. The monoisotopic (exact) mass is 395 g/mol. The average molecular weight is 396 g/mol. The maximum atomic E-state index is 13.2. The van der Waals surface area contributed by atoms with Gasteiger partial charge in [-0.15, -0.1) is 0 Å². The summed E-state index contributed by atoms with van der Waals surface area (Å²) in [6, 6.07) is 7.27. The number of nitrogens with zero attached hydrogens (tertiary/aromatic N) is 1. The number of ether oxygens (including phenoxy) is 2. The van der Waals surface area contributed by atoms with Crippen LogP contribution in [0.4, 0.5) is 10.1 Å². The average Bonchev–Trinajstić information content (AvgIpc) is 2.71. The number of benzene rings is 1. The zero-order valence-corrected chi connectivity index (χ0v) is 17.5. The number of nitrogens with one attached hydrogen (secondary N) is 2. The fourth-order valence-electron chi connectivity index (χ4n) is 2.95. The molecule has 0 aliphatic carbocycles. The van der Waals surface area contributed by atoms with Gasteiger partial charge >= 0.3 is 0 Å². The molecule has 0 saturated carbocycles. The second kappa shape index (κ2) is 14.0. The molecule has 2 N–H and O–H groups in total. The maximum absolute atomic E-state index is 13.2. The van der Waals surface area contributed by atoms with Gasteiger partial charge in [0.1, 0.15) is 12.4 Å². The van der Waals surface area contributed by atoms with Crippen LogP contribution >= 0.6 is 0 Å². The van der Waals surface area contributed by atoms with Crippen LogP contribution in [0.25, 0.3) is 0 Å². The van der Waals surface area contributed by atoms with E-state index < -0.39 is 6.67 Å². The Labute approximate surface area is 168 Å². The molecule has 0 aromatic heterocycles. The van der Waals surface area contributed by atoms with Gasteiger partial charge in [-0.25, -0.2) is 4.39 Å². The fraction of sp³-hybridized carbons (Fsp3) is 0.571. The van der Waals surface area contributed by atoms with Crippen molar-refractivity contribution in [2.24, 2.45) is 5.92 Å². The summed E-state index contributed by atoms with van der Waals surface area (Å²) in [6.07, 6.45) is 3.10. The highest BCUT2D eigenvalue weighted by Gasteiger charge is 2.22. The van der Waals surface area contributed by atoms with Gasteiger partial charge in [-0.2, -0.15) is 0 Å². The Balaban J connectivity index is 2.82. The third-order valence-corrected chi connectivity index (χ3v) is 4.40. The second-order valence-electron chi connectivity index (χ2n) is 6.69. The van der Waals surface area contributed by atoms with Crippen molar-refractivity contribution in [2.75, 3.05) is 59.4 Å². The lowest BCUT2D eigenvalue weighted by atomic mass is 10.0. The number of hydrogen-bond donors (Lipinski definition) is 2. The number of alkyl halides is 1. The molecule has 7 heteroatoms. The lowest BCUT2D eigenvalue weighted by molar-refractivity contribution is -0.120. The first-order chi connectivity index (χ1) is 13.6. The number of halogens is 1. The molecule has 0 heterocycles. The van der Waals surface area contributed by atoms with Gasteiger partial charge < -0.3 is 20.1 Å². The highest BCUT2D eigenvalue weighted by molar-refractivity contribution is 5.92. The number of carbonyl (C=O) groups excluding carboxylic acids is 1. The van der Waals surface area contributed by atoms with Gasteiger partial charge in [-0.3, -0.25) is 9.69 Å². The van der Waals surface area contributed by atoms with Crippen LogP contribution in [0, 0.1) is 5.92 Å². The largest absolute Gasteiger partial charge is 0.504 e. The van der Waals surface area contributed by atoms with E-state index in [1.807, 2.05) is 31.3 Å². The van der Waals surface area contributed by atoms with E-state index in [0.29, 0.717) is 25.2 Å². The zero-order chi connectivity index (χ0) is 20.8. The topological polar surface area (TPSA) is 62.8 Å². The molecule has 0 aliphatic heterocycles. The summed E-state index contributed by atoms with van der Waals surface area (Å²) in [5.41, 5.74) is 1.29. The Hall–Kier alpha value is -2.12. The van der Waals surface area contributed by atoms with Gasteiger partial charge in [0.25, 0.3) is 0 Å². The Kier molecular flexibility index (Phi) is 11.9. The summed E-state index contributed by atoms with van der Waals surface area (Å²) in [6.45, 7) is 3.95. The Morgan fingerprint density at radius 3 is 2.54 bits per heavy atom. The third-order valence-electron chi connectivity index (χ3n) is 4.40. The number of rotatable bonds is 14. The minimum absolute atomic E-state index is 0.0287. The molecule has 0 aliphatic rings. The molecule has 1 atom stereocenters. The van der Waals surface area contributed by atoms with E-state index in [0.717, 1.165) is 30.8 Å². The quantitative estimate of drug-likeness (QED) is 0.474. The zero-order valence-electron chi connectivity index (χ0n) is 17.5. The minimum atomic E-state index is -0.569. The van der Waals surface area contributed by atoms with Crippen LogP contribution in [0.3, 0.4) is 0 Å². The van der Waals surface area contributed by atoms with Crippen LogP contribution < -0.4 is 15.4 Å². The number of likely N-dealkylation sites (N-methyl/N-ethyl adjacent to an activating group) is 1. The molecule has 1 aromatic rings. The highest BCUT2D eigenvalue weighted by atomic mass is 19.1. The van der Waals surface area contributed by atoms with Gasteiger partial charge in [0.2, 0.25) is 5.91 Å². The lowest BCUT2D eigenvalue weighted by Crippen LogP contribution is -2.40. The van der Waals surface area contributed by atoms with Crippen molar-refractivity contribution in [1.29, 1.82) is 0 Å². The van der Waals surface area contributed by atoms with E-state index in [1.54, 1.807) is 7.11 Å². The summed E-state index contributed by atoms with van der Waals surface area (Å²) < 4.78 is 23.4. The summed E-state index contributed by atoms with van der Waals surface area (Å²) >= 11 is 0. The molecule has 0 saturated heterocycles.